The Bertz CT molecular complexity index is 612. The molecule has 1 amide bonds. The molecule has 2 aromatic rings. The molecule has 22 heavy (non-hydrogen) atoms. The molecule has 0 saturated carbocycles. The van der Waals surface area contributed by atoms with Gasteiger partial charge in [-0.25, -0.2) is 0 Å². The number of nitrogens with one attached hydrogen (secondary N) is 2. The maximum absolute atomic E-state index is 12.0. The maximum Gasteiger partial charge on any atom is 0.226 e. The molecule has 3 nitrogen and oxygen atoms in total. The summed E-state index contributed by atoms with van der Waals surface area (Å²) >= 11 is 0. The SMILES string of the molecule is CCc1ccc(NC(=O)CCNc2c(C)cccc2C)cc1. The van der Waals surface area contributed by atoms with E-state index < -0.39 is 0 Å². The van der Waals surface area contributed by atoms with Crippen molar-refractivity contribution in [1.29, 1.82) is 0 Å². The van der Waals surface area contributed by atoms with Gasteiger partial charge in [-0.05, 0) is 49.1 Å². The second kappa shape index (κ2) is 7.64. The van der Waals surface area contributed by atoms with Gasteiger partial charge in [-0.1, -0.05) is 37.3 Å². The normalized spacial score (nSPS) is 10.3. The molecule has 0 aliphatic carbocycles. The van der Waals surface area contributed by atoms with Crippen molar-refractivity contribution >= 4 is 17.3 Å². The van der Waals surface area contributed by atoms with Gasteiger partial charge in [-0.15, -0.1) is 0 Å². The molecule has 3 heteroatoms. The monoisotopic (exact) mass is 296 g/mol. The number of para-hydroxylation sites is 1. The number of amides is 1. The second-order valence-corrected chi connectivity index (χ2v) is 5.54. The number of anilines is 2. The second-order valence-electron chi connectivity index (χ2n) is 5.54. The van der Waals surface area contributed by atoms with E-state index in [-0.39, 0.29) is 5.91 Å². The molecule has 2 aromatic carbocycles. The molecule has 0 bridgehead atoms. The minimum atomic E-state index is 0.0305. The van der Waals surface area contributed by atoms with Gasteiger partial charge in [-0.3, -0.25) is 4.79 Å². The van der Waals surface area contributed by atoms with Gasteiger partial charge in [0.15, 0.2) is 0 Å². The average Bonchev–Trinajstić information content (AvgIpc) is 2.51. The van der Waals surface area contributed by atoms with Crippen LogP contribution in [0.1, 0.15) is 30.0 Å². The molecule has 2 rings (SSSR count). The van der Waals surface area contributed by atoms with E-state index >= 15 is 0 Å². The lowest BCUT2D eigenvalue weighted by molar-refractivity contribution is -0.115. The van der Waals surface area contributed by atoms with Crippen molar-refractivity contribution in [3.63, 3.8) is 0 Å². The predicted molar refractivity (Wildman–Crippen MR) is 93.5 cm³/mol. The van der Waals surface area contributed by atoms with Crippen molar-refractivity contribution in [2.24, 2.45) is 0 Å². The van der Waals surface area contributed by atoms with Crippen LogP contribution in [0, 0.1) is 13.8 Å². The third-order valence-corrected chi connectivity index (χ3v) is 3.78. The quantitative estimate of drug-likeness (QED) is 0.834. The molecule has 0 atom stereocenters. The lowest BCUT2D eigenvalue weighted by atomic mass is 10.1. The van der Waals surface area contributed by atoms with Crippen LogP contribution in [0.5, 0.6) is 0 Å². The Morgan fingerprint density at radius 3 is 2.23 bits per heavy atom. The Balaban J connectivity index is 1.82. The minimum Gasteiger partial charge on any atom is -0.384 e. The summed E-state index contributed by atoms with van der Waals surface area (Å²) in [4.78, 5) is 12.0. The molecule has 0 aliphatic rings. The Morgan fingerprint density at radius 2 is 1.64 bits per heavy atom. The molecule has 0 fully saturated rings. The van der Waals surface area contributed by atoms with Crippen molar-refractivity contribution in [3.8, 4) is 0 Å². The van der Waals surface area contributed by atoms with Crippen molar-refractivity contribution in [2.75, 3.05) is 17.2 Å². The van der Waals surface area contributed by atoms with E-state index in [0.29, 0.717) is 13.0 Å². The van der Waals surface area contributed by atoms with Gasteiger partial charge in [0, 0.05) is 24.3 Å². The fraction of sp³-hybridized carbons (Fsp3) is 0.316. The first-order chi connectivity index (χ1) is 10.6. The van der Waals surface area contributed by atoms with Gasteiger partial charge in [0.05, 0.1) is 0 Å². The molecular formula is C19H24N2O. The fourth-order valence-corrected chi connectivity index (χ4v) is 2.44. The van der Waals surface area contributed by atoms with Crippen LogP contribution in [0.25, 0.3) is 0 Å². The van der Waals surface area contributed by atoms with Crippen LogP contribution >= 0.6 is 0 Å². The van der Waals surface area contributed by atoms with Gasteiger partial charge in [0.25, 0.3) is 0 Å². The first-order valence-corrected chi connectivity index (χ1v) is 7.79. The smallest absolute Gasteiger partial charge is 0.226 e. The largest absolute Gasteiger partial charge is 0.384 e. The van der Waals surface area contributed by atoms with E-state index in [9.17, 15) is 4.79 Å². The zero-order valence-electron chi connectivity index (χ0n) is 13.6. The molecule has 0 aliphatic heterocycles. The highest BCUT2D eigenvalue weighted by Crippen LogP contribution is 2.19. The van der Waals surface area contributed by atoms with Crippen LogP contribution in [0.15, 0.2) is 42.5 Å². The summed E-state index contributed by atoms with van der Waals surface area (Å²) in [5.41, 5.74) is 5.66. The average molecular weight is 296 g/mol. The van der Waals surface area contributed by atoms with Crippen LogP contribution in [0.3, 0.4) is 0 Å². The van der Waals surface area contributed by atoms with Crippen molar-refractivity contribution in [3.05, 3.63) is 59.2 Å². The third kappa shape index (κ3) is 4.35. The van der Waals surface area contributed by atoms with E-state index in [1.165, 1.54) is 16.7 Å². The summed E-state index contributed by atoms with van der Waals surface area (Å²) < 4.78 is 0. The van der Waals surface area contributed by atoms with E-state index in [1.807, 2.05) is 30.3 Å². The number of hydrogen-bond donors (Lipinski definition) is 2. The van der Waals surface area contributed by atoms with Gasteiger partial charge < -0.3 is 10.6 Å². The molecule has 116 valence electrons. The van der Waals surface area contributed by atoms with Gasteiger partial charge in [0.2, 0.25) is 5.91 Å². The number of aryl methyl sites for hydroxylation is 3. The number of hydrogen-bond acceptors (Lipinski definition) is 2. The molecule has 0 saturated heterocycles. The van der Waals surface area contributed by atoms with E-state index in [0.717, 1.165) is 17.8 Å². The Morgan fingerprint density at radius 1 is 1.00 bits per heavy atom. The molecular weight excluding hydrogens is 272 g/mol. The molecule has 0 unspecified atom stereocenters. The topological polar surface area (TPSA) is 41.1 Å². The molecule has 0 heterocycles. The number of rotatable bonds is 6. The molecule has 2 N–H and O–H groups in total. The Kier molecular flexibility index (Phi) is 5.59. The minimum absolute atomic E-state index is 0.0305. The standard InChI is InChI=1S/C19H24N2O/c1-4-16-8-10-17(11-9-16)21-18(22)12-13-20-19-14(2)6-5-7-15(19)3/h5-11,20H,4,12-13H2,1-3H3,(H,21,22). The van der Waals surface area contributed by atoms with Gasteiger partial charge in [0.1, 0.15) is 0 Å². The summed E-state index contributed by atoms with van der Waals surface area (Å²) in [6.45, 7) is 6.90. The van der Waals surface area contributed by atoms with Crippen molar-refractivity contribution in [1.82, 2.24) is 0 Å². The lowest BCUT2D eigenvalue weighted by Gasteiger charge is -2.12. The summed E-state index contributed by atoms with van der Waals surface area (Å²) in [6, 6.07) is 14.2. The van der Waals surface area contributed by atoms with Crippen LogP contribution < -0.4 is 10.6 Å². The Hall–Kier alpha value is -2.29. The number of carbonyl (C=O) groups excluding carboxylic acids is 1. The highest BCUT2D eigenvalue weighted by atomic mass is 16.1. The number of carbonyl (C=O) groups is 1. The van der Waals surface area contributed by atoms with E-state index in [2.05, 4.69) is 43.5 Å². The zero-order valence-corrected chi connectivity index (χ0v) is 13.6. The van der Waals surface area contributed by atoms with Crippen molar-refractivity contribution < 1.29 is 4.79 Å². The van der Waals surface area contributed by atoms with Crippen LogP contribution in [0.2, 0.25) is 0 Å². The van der Waals surface area contributed by atoms with Crippen LogP contribution in [0.4, 0.5) is 11.4 Å². The summed E-state index contributed by atoms with van der Waals surface area (Å²) in [6.07, 6.45) is 1.46. The summed E-state index contributed by atoms with van der Waals surface area (Å²) in [5, 5.41) is 6.29. The van der Waals surface area contributed by atoms with Crippen molar-refractivity contribution in [2.45, 2.75) is 33.6 Å². The molecule has 0 radical (unpaired) electrons. The van der Waals surface area contributed by atoms with E-state index in [1.54, 1.807) is 0 Å². The van der Waals surface area contributed by atoms with Crippen LogP contribution in [-0.4, -0.2) is 12.5 Å². The first-order valence-electron chi connectivity index (χ1n) is 7.79. The van der Waals surface area contributed by atoms with Crippen LogP contribution in [-0.2, 0) is 11.2 Å². The van der Waals surface area contributed by atoms with E-state index in [4.69, 9.17) is 0 Å². The first kappa shape index (κ1) is 16.1. The summed E-state index contributed by atoms with van der Waals surface area (Å²) in [5.74, 6) is 0.0305. The fourth-order valence-electron chi connectivity index (χ4n) is 2.44. The highest BCUT2D eigenvalue weighted by Gasteiger charge is 2.04. The zero-order chi connectivity index (χ0) is 15.9. The van der Waals surface area contributed by atoms with Gasteiger partial charge >= 0.3 is 0 Å². The Labute approximate surface area is 132 Å². The summed E-state index contributed by atoms with van der Waals surface area (Å²) in [7, 11) is 0. The molecule has 0 aromatic heterocycles. The maximum atomic E-state index is 12.0. The molecule has 0 spiro atoms. The predicted octanol–water partition coefficient (Wildman–Crippen LogP) is 4.31. The number of benzene rings is 2. The van der Waals surface area contributed by atoms with Gasteiger partial charge in [-0.2, -0.15) is 0 Å². The lowest BCUT2D eigenvalue weighted by Crippen LogP contribution is -2.16. The third-order valence-electron chi connectivity index (χ3n) is 3.78. The highest BCUT2D eigenvalue weighted by molar-refractivity contribution is 5.91.